The first-order valence-electron chi connectivity index (χ1n) is 7.56. The largest absolute Gasteiger partial charge is 0.409 e. The molecular weight excluding hydrogens is 256 g/mol. The molecule has 3 N–H and O–H groups in total. The summed E-state index contributed by atoms with van der Waals surface area (Å²) in [7, 11) is 0. The molecule has 20 heavy (non-hydrogen) atoms. The number of oxime groups is 1. The van der Waals surface area contributed by atoms with Crippen LogP contribution >= 0.6 is 0 Å². The van der Waals surface area contributed by atoms with Crippen LogP contribution < -0.4 is 5.73 Å². The van der Waals surface area contributed by atoms with E-state index < -0.39 is 5.41 Å². The van der Waals surface area contributed by atoms with Crippen LogP contribution in [0.2, 0.25) is 0 Å². The van der Waals surface area contributed by atoms with Gasteiger partial charge in [-0.05, 0) is 26.3 Å². The van der Waals surface area contributed by atoms with Gasteiger partial charge in [0, 0.05) is 25.7 Å². The van der Waals surface area contributed by atoms with E-state index in [-0.39, 0.29) is 11.7 Å². The molecule has 2 aliphatic rings. The number of amidine groups is 1. The van der Waals surface area contributed by atoms with Gasteiger partial charge in [0.2, 0.25) is 5.91 Å². The predicted octanol–water partition coefficient (Wildman–Crippen LogP) is 0.846. The van der Waals surface area contributed by atoms with Gasteiger partial charge in [0.1, 0.15) is 5.41 Å². The number of carbonyl (C=O) groups is 1. The molecule has 1 aliphatic heterocycles. The number of rotatable bonds is 3. The highest BCUT2D eigenvalue weighted by Crippen LogP contribution is 2.40. The molecule has 2 rings (SSSR count). The van der Waals surface area contributed by atoms with Crippen molar-refractivity contribution < 1.29 is 10.0 Å². The Hall–Kier alpha value is -1.30. The molecule has 0 bridgehead atoms. The van der Waals surface area contributed by atoms with Gasteiger partial charge in [-0.15, -0.1) is 0 Å². The van der Waals surface area contributed by atoms with Crippen LogP contribution in [0.1, 0.15) is 39.5 Å². The summed E-state index contributed by atoms with van der Waals surface area (Å²) in [6, 6.07) is 0.364. The van der Waals surface area contributed by atoms with Gasteiger partial charge in [-0.2, -0.15) is 0 Å². The van der Waals surface area contributed by atoms with E-state index in [2.05, 4.69) is 23.9 Å². The first-order chi connectivity index (χ1) is 9.55. The van der Waals surface area contributed by atoms with Crippen molar-refractivity contribution >= 4 is 11.7 Å². The van der Waals surface area contributed by atoms with Crippen molar-refractivity contribution in [2.24, 2.45) is 16.3 Å². The molecule has 0 aromatic carbocycles. The van der Waals surface area contributed by atoms with E-state index in [0.29, 0.717) is 18.9 Å². The van der Waals surface area contributed by atoms with Gasteiger partial charge in [0.15, 0.2) is 5.84 Å². The fraction of sp³-hybridized carbons (Fsp3) is 0.857. The highest BCUT2D eigenvalue weighted by atomic mass is 16.4. The smallest absolute Gasteiger partial charge is 0.236 e. The monoisotopic (exact) mass is 282 g/mol. The van der Waals surface area contributed by atoms with Gasteiger partial charge in [0.25, 0.3) is 0 Å². The van der Waals surface area contributed by atoms with Gasteiger partial charge < -0.3 is 15.8 Å². The molecule has 6 heteroatoms. The first-order valence-corrected chi connectivity index (χ1v) is 7.56. The fourth-order valence-corrected chi connectivity index (χ4v) is 3.61. The number of amides is 1. The van der Waals surface area contributed by atoms with Gasteiger partial charge in [-0.25, -0.2) is 0 Å². The first kappa shape index (κ1) is 15.1. The van der Waals surface area contributed by atoms with Crippen LogP contribution in [0.25, 0.3) is 0 Å². The number of nitrogens with two attached hydrogens (primary N) is 1. The molecule has 1 amide bonds. The molecule has 1 unspecified atom stereocenters. The molecule has 1 aliphatic carbocycles. The molecular formula is C14H26N4O2. The third-order valence-electron chi connectivity index (χ3n) is 4.92. The van der Waals surface area contributed by atoms with Crippen molar-refractivity contribution in [3.05, 3.63) is 0 Å². The number of hydrogen-bond acceptors (Lipinski definition) is 4. The zero-order chi connectivity index (χ0) is 14.8. The summed E-state index contributed by atoms with van der Waals surface area (Å²) in [5.41, 5.74) is 5.09. The Morgan fingerprint density at radius 1 is 1.40 bits per heavy atom. The molecule has 0 aromatic rings. The maximum absolute atomic E-state index is 12.9. The number of piperazine rings is 1. The topological polar surface area (TPSA) is 82.2 Å². The Kier molecular flexibility index (Phi) is 4.52. The van der Waals surface area contributed by atoms with Crippen molar-refractivity contribution in [1.82, 2.24) is 9.80 Å². The highest BCUT2D eigenvalue weighted by Gasteiger charge is 2.48. The molecule has 1 saturated heterocycles. The third kappa shape index (κ3) is 2.49. The van der Waals surface area contributed by atoms with Gasteiger partial charge in [-0.1, -0.05) is 24.9 Å². The maximum Gasteiger partial charge on any atom is 0.236 e. The standard InChI is InChI=1S/C14H26N4O2/c1-3-17-8-9-18(10-11(17)2)13(19)14(12(15)16-20)6-4-5-7-14/h11,20H,3-10H2,1-2H3,(H2,15,16). The van der Waals surface area contributed by atoms with Crippen molar-refractivity contribution in [2.75, 3.05) is 26.2 Å². The molecule has 6 nitrogen and oxygen atoms in total. The van der Waals surface area contributed by atoms with Crippen LogP contribution in [0.4, 0.5) is 0 Å². The zero-order valence-electron chi connectivity index (χ0n) is 12.5. The second-order valence-corrected chi connectivity index (χ2v) is 6.00. The summed E-state index contributed by atoms with van der Waals surface area (Å²) in [5.74, 6) is 0.137. The quantitative estimate of drug-likeness (QED) is 0.348. The second kappa shape index (κ2) is 5.99. The van der Waals surface area contributed by atoms with Crippen LogP contribution in [0.15, 0.2) is 5.16 Å². The summed E-state index contributed by atoms with van der Waals surface area (Å²) < 4.78 is 0. The van der Waals surface area contributed by atoms with E-state index >= 15 is 0 Å². The SMILES string of the molecule is CCN1CCN(C(=O)C2(C(N)=NO)CCCC2)CC1C. The summed E-state index contributed by atoms with van der Waals surface area (Å²) in [6.07, 6.45) is 3.33. The molecule has 1 saturated carbocycles. The van der Waals surface area contributed by atoms with Crippen molar-refractivity contribution in [1.29, 1.82) is 0 Å². The average Bonchev–Trinajstić information content (AvgIpc) is 2.96. The Morgan fingerprint density at radius 2 is 2.05 bits per heavy atom. The molecule has 2 fully saturated rings. The fourth-order valence-electron chi connectivity index (χ4n) is 3.61. The highest BCUT2D eigenvalue weighted by molar-refractivity contribution is 6.07. The van der Waals surface area contributed by atoms with Crippen LogP contribution in [-0.4, -0.2) is 59.0 Å². The Bertz CT molecular complexity index is 391. The van der Waals surface area contributed by atoms with E-state index in [4.69, 9.17) is 10.9 Å². The van der Waals surface area contributed by atoms with E-state index in [9.17, 15) is 4.79 Å². The molecule has 1 atom stereocenters. The lowest BCUT2D eigenvalue weighted by atomic mass is 9.83. The lowest BCUT2D eigenvalue weighted by Gasteiger charge is -2.42. The summed E-state index contributed by atoms with van der Waals surface area (Å²) in [6.45, 7) is 7.66. The second-order valence-electron chi connectivity index (χ2n) is 6.00. The van der Waals surface area contributed by atoms with Crippen molar-refractivity contribution in [2.45, 2.75) is 45.6 Å². The van der Waals surface area contributed by atoms with Crippen LogP contribution in [0.3, 0.4) is 0 Å². The normalized spacial score (nSPS) is 27.8. The van der Waals surface area contributed by atoms with E-state index in [1.807, 2.05) is 4.90 Å². The summed E-state index contributed by atoms with van der Waals surface area (Å²) >= 11 is 0. The van der Waals surface area contributed by atoms with E-state index in [1.165, 1.54) is 0 Å². The number of likely N-dealkylation sites (N-methyl/N-ethyl adjacent to an activating group) is 1. The van der Waals surface area contributed by atoms with Gasteiger partial charge in [0.05, 0.1) is 0 Å². The van der Waals surface area contributed by atoms with Gasteiger partial charge >= 0.3 is 0 Å². The third-order valence-corrected chi connectivity index (χ3v) is 4.92. The summed E-state index contributed by atoms with van der Waals surface area (Å²) in [5, 5.41) is 12.2. The maximum atomic E-state index is 12.9. The minimum atomic E-state index is -0.761. The Balaban J connectivity index is 2.14. The number of carbonyl (C=O) groups excluding carboxylic acids is 1. The van der Waals surface area contributed by atoms with Crippen LogP contribution in [0, 0.1) is 5.41 Å². The van der Waals surface area contributed by atoms with E-state index in [0.717, 1.165) is 39.0 Å². The minimum absolute atomic E-state index is 0.0490. The minimum Gasteiger partial charge on any atom is -0.409 e. The van der Waals surface area contributed by atoms with Crippen molar-refractivity contribution in [3.8, 4) is 0 Å². The van der Waals surface area contributed by atoms with Crippen LogP contribution in [0.5, 0.6) is 0 Å². The summed E-state index contributed by atoms with van der Waals surface area (Å²) in [4.78, 5) is 17.2. The zero-order valence-corrected chi connectivity index (χ0v) is 12.5. The molecule has 0 radical (unpaired) electrons. The molecule has 114 valence electrons. The number of hydrogen-bond donors (Lipinski definition) is 2. The average molecular weight is 282 g/mol. The Labute approximate surface area is 120 Å². The van der Waals surface area contributed by atoms with Crippen LogP contribution in [-0.2, 0) is 4.79 Å². The lowest BCUT2D eigenvalue weighted by molar-refractivity contribution is -0.141. The molecule has 0 aromatic heterocycles. The number of nitrogens with zero attached hydrogens (tertiary/aromatic N) is 3. The Morgan fingerprint density at radius 3 is 2.55 bits per heavy atom. The van der Waals surface area contributed by atoms with Gasteiger partial charge in [-0.3, -0.25) is 9.69 Å². The van der Waals surface area contributed by atoms with E-state index in [1.54, 1.807) is 0 Å². The molecule has 1 heterocycles. The predicted molar refractivity (Wildman–Crippen MR) is 77.6 cm³/mol. The lowest BCUT2D eigenvalue weighted by Crippen LogP contribution is -2.58. The molecule has 0 spiro atoms. The van der Waals surface area contributed by atoms with Crippen molar-refractivity contribution in [3.63, 3.8) is 0 Å².